The van der Waals surface area contributed by atoms with E-state index in [-0.39, 0.29) is 6.03 Å². The molecule has 0 N–H and O–H groups in total. The van der Waals surface area contributed by atoms with E-state index in [0.717, 1.165) is 25.2 Å². The molecule has 1 heterocycles. The Bertz CT molecular complexity index is 631. The standard InChI is InChI=1S/C18H20N2O/c1-14-3-5-15(6-4-14)13-16-7-9-17(10-8-16)20-12-11-19(2)18(20)21/h3-10H,11-13H2,1-2H3. The molecule has 3 rings (SSSR count). The van der Waals surface area contributed by atoms with Crippen molar-refractivity contribution >= 4 is 11.7 Å². The molecule has 2 aromatic carbocycles. The average molecular weight is 280 g/mol. The van der Waals surface area contributed by atoms with Crippen LogP contribution in [0.2, 0.25) is 0 Å². The number of urea groups is 1. The fraction of sp³-hybridized carbons (Fsp3) is 0.278. The quantitative estimate of drug-likeness (QED) is 0.844. The minimum Gasteiger partial charge on any atom is -0.326 e. The van der Waals surface area contributed by atoms with Crippen LogP contribution in [0.1, 0.15) is 16.7 Å². The molecule has 3 nitrogen and oxygen atoms in total. The molecule has 0 radical (unpaired) electrons. The van der Waals surface area contributed by atoms with Gasteiger partial charge in [0, 0.05) is 25.8 Å². The van der Waals surface area contributed by atoms with Crippen LogP contribution in [0.5, 0.6) is 0 Å². The third-order valence-corrected chi connectivity index (χ3v) is 3.99. The number of amides is 2. The van der Waals surface area contributed by atoms with Gasteiger partial charge in [-0.05, 0) is 36.6 Å². The molecular weight excluding hydrogens is 260 g/mol. The molecule has 0 aromatic heterocycles. The summed E-state index contributed by atoms with van der Waals surface area (Å²) in [6, 6.07) is 17.0. The summed E-state index contributed by atoms with van der Waals surface area (Å²) in [5.41, 5.74) is 4.84. The maximum atomic E-state index is 12.0. The second-order valence-corrected chi connectivity index (χ2v) is 5.68. The van der Waals surface area contributed by atoms with Crippen LogP contribution in [0.25, 0.3) is 0 Å². The van der Waals surface area contributed by atoms with Crippen molar-refractivity contribution in [1.29, 1.82) is 0 Å². The van der Waals surface area contributed by atoms with Crippen molar-refractivity contribution in [2.75, 3.05) is 25.0 Å². The Morgan fingerprint density at radius 3 is 2.00 bits per heavy atom. The van der Waals surface area contributed by atoms with E-state index in [2.05, 4.69) is 43.3 Å². The highest BCUT2D eigenvalue weighted by atomic mass is 16.2. The van der Waals surface area contributed by atoms with Gasteiger partial charge in [-0.3, -0.25) is 4.90 Å². The minimum absolute atomic E-state index is 0.0845. The maximum Gasteiger partial charge on any atom is 0.324 e. The second kappa shape index (κ2) is 5.60. The smallest absolute Gasteiger partial charge is 0.324 e. The molecule has 0 saturated carbocycles. The molecule has 0 unspecified atom stereocenters. The van der Waals surface area contributed by atoms with Crippen molar-refractivity contribution < 1.29 is 4.79 Å². The molecule has 2 amide bonds. The van der Waals surface area contributed by atoms with Crippen LogP contribution in [-0.2, 0) is 6.42 Å². The third kappa shape index (κ3) is 2.92. The van der Waals surface area contributed by atoms with Crippen LogP contribution >= 0.6 is 0 Å². The van der Waals surface area contributed by atoms with E-state index in [1.165, 1.54) is 16.7 Å². The zero-order valence-electron chi connectivity index (χ0n) is 12.5. The number of hydrogen-bond acceptors (Lipinski definition) is 1. The molecule has 21 heavy (non-hydrogen) atoms. The summed E-state index contributed by atoms with van der Waals surface area (Å²) < 4.78 is 0. The molecular formula is C18H20N2O. The summed E-state index contributed by atoms with van der Waals surface area (Å²) >= 11 is 0. The summed E-state index contributed by atoms with van der Waals surface area (Å²) in [6.45, 7) is 3.67. The van der Waals surface area contributed by atoms with Crippen LogP contribution < -0.4 is 4.90 Å². The van der Waals surface area contributed by atoms with Gasteiger partial charge in [-0.1, -0.05) is 42.0 Å². The fourth-order valence-corrected chi connectivity index (χ4v) is 2.62. The van der Waals surface area contributed by atoms with E-state index in [1.807, 2.05) is 24.1 Å². The number of rotatable bonds is 3. The van der Waals surface area contributed by atoms with Gasteiger partial charge >= 0.3 is 6.03 Å². The predicted octanol–water partition coefficient (Wildman–Crippen LogP) is 3.46. The average Bonchev–Trinajstić information content (AvgIpc) is 2.83. The first-order valence-electron chi connectivity index (χ1n) is 7.30. The number of aryl methyl sites for hydroxylation is 1. The van der Waals surface area contributed by atoms with Gasteiger partial charge in [0.2, 0.25) is 0 Å². The van der Waals surface area contributed by atoms with Gasteiger partial charge < -0.3 is 4.90 Å². The summed E-state index contributed by atoms with van der Waals surface area (Å²) in [5.74, 6) is 0. The molecule has 1 saturated heterocycles. The Morgan fingerprint density at radius 2 is 1.48 bits per heavy atom. The SMILES string of the molecule is Cc1ccc(Cc2ccc(N3CCN(C)C3=O)cc2)cc1. The lowest BCUT2D eigenvalue weighted by atomic mass is 10.0. The highest BCUT2D eigenvalue weighted by Crippen LogP contribution is 2.21. The Morgan fingerprint density at radius 1 is 0.905 bits per heavy atom. The van der Waals surface area contributed by atoms with Crippen LogP contribution in [0, 0.1) is 6.92 Å². The number of benzene rings is 2. The fourth-order valence-electron chi connectivity index (χ4n) is 2.62. The maximum absolute atomic E-state index is 12.0. The molecule has 0 aliphatic carbocycles. The second-order valence-electron chi connectivity index (χ2n) is 5.68. The largest absolute Gasteiger partial charge is 0.326 e. The first kappa shape index (κ1) is 13.7. The van der Waals surface area contributed by atoms with Crippen molar-refractivity contribution in [2.24, 2.45) is 0 Å². The number of carbonyl (C=O) groups excluding carboxylic acids is 1. The van der Waals surface area contributed by atoms with Gasteiger partial charge in [-0.2, -0.15) is 0 Å². The Balaban J connectivity index is 1.72. The molecule has 0 bridgehead atoms. The Hall–Kier alpha value is -2.29. The van der Waals surface area contributed by atoms with Crippen LogP contribution in [0.3, 0.4) is 0 Å². The molecule has 2 aromatic rings. The Labute approximate surface area is 125 Å². The molecule has 1 fully saturated rings. The van der Waals surface area contributed by atoms with Gasteiger partial charge in [0.25, 0.3) is 0 Å². The van der Waals surface area contributed by atoms with E-state index >= 15 is 0 Å². The van der Waals surface area contributed by atoms with Crippen molar-refractivity contribution in [3.63, 3.8) is 0 Å². The monoisotopic (exact) mass is 280 g/mol. The zero-order valence-corrected chi connectivity index (χ0v) is 12.5. The highest BCUT2D eigenvalue weighted by Gasteiger charge is 2.26. The first-order valence-corrected chi connectivity index (χ1v) is 7.30. The van der Waals surface area contributed by atoms with E-state index in [4.69, 9.17) is 0 Å². The summed E-state index contributed by atoms with van der Waals surface area (Å²) in [4.78, 5) is 15.5. The van der Waals surface area contributed by atoms with Gasteiger partial charge in [-0.25, -0.2) is 4.79 Å². The van der Waals surface area contributed by atoms with Gasteiger partial charge in [0.15, 0.2) is 0 Å². The number of anilines is 1. The van der Waals surface area contributed by atoms with Crippen LogP contribution in [-0.4, -0.2) is 31.1 Å². The summed E-state index contributed by atoms with van der Waals surface area (Å²) in [7, 11) is 1.84. The topological polar surface area (TPSA) is 23.6 Å². The molecule has 0 spiro atoms. The van der Waals surface area contributed by atoms with Crippen LogP contribution in [0.15, 0.2) is 48.5 Å². The van der Waals surface area contributed by atoms with Gasteiger partial charge in [0.05, 0.1) is 0 Å². The highest BCUT2D eigenvalue weighted by molar-refractivity contribution is 5.93. The van der Waals surface area contributed by atoms with Crippen molar-refractivity contribution in [3.05, 3.63) is 65.2 Å². The molecule has 1 aliphatic heterocycles. The Kier molecular flexibility index (Phi) is 3.65. The number of likely N-dealkylation sites (N-methyl/N-ethyl adjacent to an activating group) is 1. The predicted molar refractivity (Wildman–Crippen MR) is 85.8 cm³/mol. The molecule has 3 heteroatoms. The van der Waals surface area contributed by atoms with Crippen molar-refractivity contribution in [2.45, 2.75) is 13.3 Å². The molecule has 0 atom stereocenters. The third-order valence-electron chi connectivity index (χ3n) is 3.99. The zero-order chi connectivity index (χ0) is 14.8. The van der Waals surface area contributed by atoms with E-state index in [0.29, 0.717) is 0 Å². The van der Waals surface area contributed by atoms with E-state index in [1.54, 1.807) is 4.90 Å². The molecule has 108 valence electrons. The minimum atomic E-state index is 0.0845. The van der Waals surface area contributed by atoms with Gasteiger partial charge in [0.1, 0.15) is 0 Å². The first-order chi connectivity index (χ1) is 10.1. The lowest BCUT2D eigenvalue weighted by molar-refractivity contribution is 0.229. The molecule has 1 aliphatic rings. The van der Waals surface area contributed by atoms with Crippen molar-refractivity contribution in [1.82, 2.24) is 4.90 Å². The number of nitrogens with zero attached hydrogens (tertiary/aromatic N) is 2. The van der Waals surface area contributed by atoms with Crippen molar-refractivity contribution in [3.8, 4) is 0 Å². The van der Waals surface area contributed by atoms with Gasteiger partial charge in [-0.15, -0.1) is 0 Å². The lowest BCUT2D eigenvalue weighted by Gasteiger charge is -2.16. The number of hydrogen-bond donors (Lipinski definition) is 0. The summed E-state index contributed by atoms with van der Waals surface area (Å²) in [5, 5.41) is 0. The van der Waals surface area contributed by atoms with E-state index < -0.39 is 0 Å². The van der Waals surface area contributed by atoms with Crippen LogP contribution in [0.4, 0.5) is 10.5 Å². The normalized spacial score (nSPS) is 14.9. The lowest BCUT2D eigenvalue weighted by Crippen LogP contribution is -2.29. The number of carbonyl (C=O) groups is 1. The van der Waals surface area contributed by atoms with E-state index in [9.17, 15) is 4.79 Å². The summed E-state index contributed by atoms with van der Waals surface area (Å²) in [6.07, 6.45) is 0.925.